The minimum absolute atomic E-state index is 0.0131. The van der Waals surface area contributed by atoms with E-state index >= 15 is 0 Å². The lowest BCUT2D eigenvalue weighted by atomic mass is 9.86. The Bertz CT molecular complexity index is 908. The normalized spacial score (nSPS) is 25.8. The van der Waals surface area contributed by atoms with Crippen molar-refractivity contribution in [2.45, 2.75) is 45.6 Å². The zero-order valence-electron chi connectivity index (χ0n) is 18.0. The number of piperidine rings is 1. The van der Waals surface area contributed by atoms with E-state index in [1.807, 2.05) is 4.90 Å². The zero-order valence-corrected chi connectivity index (χ0v) is 18.0. The molecule has 0 saturated carbocycles. The summed E-state index contributed by atoms with van der Waals surface area (Å²) in [7, 11) is 2.37. The van der Waals surface area contributed by atoms with Crippen LogP contribution in [0, 0.1) is 18.7 Å². The van der Waals surface area contributed by atoms with Crippen LogP contribution >= 0.6 is 0 Å². The second-order valence-electron chi connectivity index (χ2n) is 9.64. The minimum Gasteiger partial charge on any atom is -0.325 e. The fourth-order valence-corrected chi connectivity index (χ4v) is 5.08. The van der Waals surface area contributed by atoms with E-state index in [1.54, 1.807) is 12.1 Å². The summed E-state index contributed by atoms with van der Waals surface area (Å²) in [6.07, 6.45) is 2.23. The van der Waals surface area contributed by atoms with Crippen molar-refractivity contribution in [2.75, 3.05) is 31.6 Å². The molecule has 29 heavy (non-hydrogen) atoms. The predicted molar refractivity (Wildman–Crippen MR) is 116 cm³/mol. The van der Waals surface area contributed by atoms with Crippen LogP contribution in [0.25, 0.3) is 0 Å². The van der Waals surface area contributed by atoms with E-state index < -0.39 is 0 Å². The van der Waals surface area contributed by atoms with Crippen molar-refractivity contribution in [3.63, 3.8) is 0 Å². The van der Waals surface area contributed by atoms with Gasteiger partial charge in [0.25, 0.3) is 5.91 Å². The molecular weight excluding hydrogens is 363 g/mol. The number of halogens is 1. The Hall–Kier alpha value is -2.20. The molecule has 2 aliphatic heterocycles. The van der Waals surface area contributed by atoms with Crippen LogP contribution in [0.3, 0.4) is 0 Å². The van der Waals surface area contributed by atoms with Gasteiger partial charge in [0.05, 0.1) is 38.6 Å². The summed E-state index contributed by atoms with van der Waals surface area (Å²) in [5, 5.41) is 0. The largest absolute Gasteiger partial charge is 0.325 e. The standard InChI is InChI=1S/C25H32FN2O/c1-17(2)11-13-28(4)14-12-24-22(16-28)21-15-18(3)5-10-23(21)27(24)25(29)19-6-8-20(26)9-7-19/h5-10,15,17,22,24H,11-14,16H2,1-4H3/q+1/t22-,24+,28?/m1/s1. The van der Waals surface area contributed by atoms with Gasteiger partial charge in [0.15, 0.2) is 0 Å². The van der Waals surface area contributed by atoms with Gasteiger partial charge < -0.3 is 9.38 Å². The SMILES string of the molecule is Cc1ccc2c(c1)[C@H]1C[N+](C)(CCC(C)C)CC[C@@H]1N2C(=O)c1ccc(F)cc1. The molecule has 0 radical (unpaired) electrons. The van der Waals surface area contributed by atoms with Gasteiger partial charge in [0, 0.05) is 17.7 Å². The maximum absolute atomic E-state index is 13.4. The van der Waals surface area contributed by atoms with Crippen molar-refractivity contribution in [1.82, 2.24) is 0 Å². The number of hydrogen-bond donors (Lipinski definition) is 0. The highest BCUT2D eigenvalue weighted by molar-refractivity contribution is 6.08. The number of nitrogens with zero attached hydrogens (tertiary/aromatic N) is 2. The number of carbonyl (C=O) groups is 1. The first-order valence-corrected chi connectivity index (χ1v) is 10.8. The van der Waals surface area contributed by atoms with Crippen molar-refractivity contribution < 1.29 is 13.7 Å². The Morgan fingerprint density at radius 2 is 1.93 bits per heavy atom. The number of likely N-dealkylation sites (tertiary alicyclic amines) is 1. The minimum atomic E-state index is -0.312. The van der Waals surface area contributed by atoms with E-state index in [9.17, 15) is 9.18 Å². The summed E-state index contributed by atoms with van der Waals surface area (Å²) in [6.45, 7) is 10.0. The van der Waals surface area contributed by atoms with Crippen LogP contribution in [0.2, 0.25) is 0 Å². The molecule has 3 atom stereocenters. The highest BCUT2D eigenvalue weighted by Gasteiger charge is 2.48. The van der Waals surface area contributed by atoms with Crippen LogP contribution in [0.5, 0.6) is 0 Å². The van der Waals surface area contributed by atoms with Gasteiger partial charge in [-0.2, -0.15) is 0 Å². The number of benzene rings is 2. The highest BCUT2D eigenvalue weighted by atomic mass is 19.1. The summed E-state index contributed by atoms with van der Waals surface area (Å²) in [5.74, 6) is 0.742. The maximum atomic E-state index is 13.4. The molecule has 1 amide bonds. The molecule has 1 fully saturated rings. The van der Waals surface area contributed by atoms with E-state index in [4.69, 9.17) is 0 Å². The fourth-order valence-electron chi connectivity index (χ4n) is 5.08. The summed E-state index contributed by atoms with van der Waals surface area (Å²) in [4.78, 5) is 15.4. The number of carbonyl (C=O) groups excluding carboxylic acids is 1. The molecule has 3 nitrogen and oxygen atoms in total. The molecule has 154 valence electrons. The monoisotopic (exact) mass is 395 g/mol. The summed E-state index contributed by atoms with van der Waals surface area (Å²) >= 11 is 0. The number of anilines is 1. The second kappa shape index (κ2) is 7.56. The lowest BCUT2D eigenvalue weighted by Gasteiger charge is -2.44. The van der Waals surface area contributed by atoms with Gasteiger partial charge in [0.2, 0.25) is 0 Å². The summed E-state index contributed by atoms with van der Waals surface area (Å²) < 4.78 is 14.4. The molecule has 2 aliphatic rings. The number of hydrogen-bond acceptors (Lipinski definition) is 1. The topological polar surface area (TPSA) is 20.3 Å². The third-order valence-electron chi connectivity index (χ3n) is 6.80. The third-order valence-corrected chi connectivity index (χ3v) is 6.80. The Morgan fingerprint density at radius 3 is 2.62 bits per heavy atom. The zero-order chi connectivity index (χ0) is 20.8. The van der Waals surface area contributed by atoms with Crippen molar-refractivity contribution >= 4 is 11.6 Å². The van der Waals surface area contributed by atoms with Gasteiger partial charge in [0.1, 0.15) is 5.82 Å². The average Bonchev–Trinajstić information content (AvgIpc) is 2.99. The van der Waals surface area contributed by atoms with Gasteiger partial charge in [-0.25, -0.2) is 4.39 Å². The molecule has 2 heterocycles. The van der Waals surface area contributed by atoms with E-state index in [1.165, 1.54) is 36.2 Å². The van der Waals surface area contributed by atoms with Crippen molar-refractivity contribution in [2.24, 2.45) is 5.92 Å². The van der Waals surface area contributed by atoms with Crippen molar-refractivity contribution in [1.29, 1.82) is 0 Å². The van der Waals surface area contributed by atoms with Gasteiger partial charge in [-0.15, -0.1) is 0 Å². The molecule has 2 aromatic rings. The number of quaternary nitrogens is 1. The van der Waals surface area contributed by atoms with Crippen LogP contribution in [-0.2, 0) is 0 Å². The van der Waals surface area contributed by atoms with E-state index in [2.05, 4.69) is 46.0 Å². The molecule has 2 aromatic carbocycles. The molecule has 4 heteroatoms. The van der Waals surface area contributed by atoms with Gasteiger partial charge in [-0.05, 0) is 55.2 Å². The summed E-state index contributed by atoms with van der Waals surface area (Å²) in [5.41, 5.74) is 4.14. The lowest BCUT2D eigenvalue weighted by Crippen LogP contribution is -2.57. The van der Waals surface area contributed by atoms with Crippen molar-refractivity contribution in [3.8, 4) is 0 Å². The van der Waals surface area contributed by atoms with Crippen LogP contribution in [0.4, 0.5) is 10.1 Å². The molecule has 0 N–H and O–H groups in total. The van der Waals surface area contributed by atoms with E-state index in [0.29, 0.717) is 17.4 Å². The second-order valence-corrected chi connectivity index (χ2v) is 9.64. The molecular formula is C25H32FN2O+. The van der Waals surface area contributed by atoms with Gasteiger partial charge in [-0.1, -0.05) is 31.5 Å². The quantitative estimate of drug-likeness (QED) is 0.656. The van der Waals surface area contributed by atoms with Crippen molar-refractivity contribution in [3.05, 3.63) is 65.0 Å². The Morgan fingerprint density at radius 1 is 1.21 bits per heavy atom. The maximum Gasteiger partial charge on any atom is 0.258 e. The number of aryl methyl sites for hydroxylation is 1. The smallest absolute Gasteiger partial charge is 0.258 e. The summed E-state index contributed by atoms with van der Waals surface area (Å²) in [6, 6.07) is 12.6. The van der Waals surface area contributed by atoms with E-state index in [0.717, 1.165) is 29.7 Å². The highest BCUT2D eigenvalue weighted by Crippen LogP contribution is 2.47. The van der Waals surface area contributed by atoms with Crippen LogP contribution in [0.1, 0.15) is 54.1 Å². The average molecular weight is 396 g/mol. The lowest BCUT2D eigenvalue weighted by molar-refractivity contribution is -0.916. The fraction of sp³-hybridized carbons (Fsp3) is 0.480. The number of rotatable bonds is 4. The molecule has 1 unspecified atom stereocenters. The molecule has 1 saturated heterocycles. The molecule has 0 bridgehead atoms. The first-order valence-electron chi connectivity index (χ1n) is 10.8. The number of fused-ring (bicyclic) bond motifs is 3. The molecule has 4 rings (SSSR count). The molecule has 0 spiro atoms. The Kier molecular flexibility index (Phi) is 5.24. The van der Waals surface area contributed by atoms with Crippen LogP contribution < -0.4 is 4.90 Å². The molecule has 0 aliphatic carbocycles. The van der Waals surface area contributed by atoms with Gasteiger partial charge in [-0.3, -0.25) is 4.79 Å². The third kappa shape index (κ3) is 3.83. The van der Waals surface area contributed by atoms with E-state index in [-0.39, 0.29) is 17.8 Å². The van der Waals surface area contributed by atoms with Gasteiger partial charge >= 0.3 is 0 Å². The first-order chi connectivity index (χ1) is 13.8. The number of amides is 1. The Balaban J connectivity index is 1.67. The first kappa shape index (κ1) is 20.1. The predicted octanol–water partition coefficient (Wildman–Crippen LogP) is 5.14. The number of likely N-dealkylation sites (N-methyl/N-ethyl adjacent to an activating group) is 1. The molecule has 0 aromatic heterocycles. The Labute approximate surface area is 173 Å². The van der Waals surface area contributed by atoms with Crippen LogP contribution in [-0.4, -0.2) is 43.1 Å². The van der Waals surface area contributed by atoms with Crippen LogP contribution in [0.15, 0.2) is 42.5 Å².